The SMILES string of the molecule is CCCCCCCCCCCC(=O)NCC(CCO)C(C)(C)N.[O-][Cl+3]([O-])([O-])O. The molecule has 8 nitrogen and oxygen atoms in total. The van der Waals surface area contributed by atoms with Crippen LogP contribution in [0.15, 0.2) is 0 Å². The Morgan fingerprint density at radius 1 is 1.04 bits per heavy atom. The first-order valence-electron chi connectivity index (χ1n) is 10.2. The number of carbonyl (C=O) groups is 1. The van der Waals surface area contributed by atoms with E-state index in [1.165, 1.54) is 44.9 Å². The molecular weight excluding hydrogens is 388 g/mol. The highest BCUT2D eigenvalue weighted by atomic mass is 35.7. The fourth-order valence-corrected chi connectivity index (χ4v) is 2.81. The summed E-state index contributed by atoms with van der Waals surface area (Å²) in [7, 11) is -4.69. The van der Waals surface area contributed by atoms with Crippen molar-refractivity contribution in [1.82, 2.24) is 5.32 Å². The van der Waals surface area contributed by atoms with E-state index in [2.05, 4.69) is 12.2 Å². The zero-order valence-corrected chi connectivity index (χ0v) is 18.5. The quantitative estimate of drug-likeness (QED) is 0.258. The molecule has 1 unspecified atom stereocenters. The molecule has 0 bridgehead atoms. The van der Waals surface area contributed by atoms with Crippen LogP contribution in [-0.2, 0) is 4.79 Å². The van der Waals surface area contributed by atoms with E-state index in [9.17, 15) is 4.79 Å². The Hall–Kier alpha value is -0.480. The largest absolute Gasteiger partial charge is 0.396 e. The third-order valence-corrected chi connectivity index (χ3v) is 4.58. The van der Waals surface area contributed by atoms with Gasteiger partial charge in [0.05, 0.1) is 14.9 Å². The van der Waals surface area contributed by atoms with Gasteiger partial charge in [-0.25, -0.2) is 0 Å². The van der Waals surface area contributed by atoms with Crippen LogP contribution in [0.3, 0.4) is 0 Å². The molecule has 0 saturated heterocycles. The minimum atomic E-state index is -4.69. The summed E-state index contributed by atoms with van der Waals surface area (Å²) < 4.78 is 32.7. The predicted molar refractivity (Wildman–Crippen MR) is 101 cm³/mol. The van der Waals surface area contributed by atoms with Crippen LogP contribution >= 0.6 is 0 Å². The van der Waals surface area contributed by atoms with Crippen molar-refractivity contribution in [2.24, 2.45) is 11.7 Å². The lowest BCUT2D eigenvalue weighted by Crippen LogP contribution is -2.58. The maximum atomic E-state index is 11.9. The van der Waals surface area contributed by atoms with Gasteiger partial charge in [-0.05, 0) is 32.6 Å². The molecule has 0 heterocycles. The second kappa shape index (κ2) is 17.4. The van der Waals surface area contributed by atoms with Crippen molar-refractivity contribution in [2.45, 2.75) is 96.9 Å². The highest BCUT2D eigenvalue weighted by molar-refractivity contribution is 5.75. The van der Waals surface area contributed by atoms with Gasteiger partial charge in [0.15, 0.2) is 0 Å². The monoisotopic (exact) mass is 428 g/mol. The Kier molecular flexibility index (Phi) is 18.5. The number of amides is 1. The van der Waals surface area contributed by atoms with E-state index in [0.717, 1.165) is 12.8 Å². The van der Waals surface area contributed by atoms with Crippen LogP contribution in [0.25, 0.3) is 0 Å². The van der Waals surface area contributed by atoms with Gasteiger partial charge >= 0.3 is 0 Å². The lowest BCUT2D eigenvalue weighted by atomic mass is 9.86. The van der Waals surface area contributed by atoms with Crippen molar-refractivity contribution in [3.63, 3.8) is 0 Å². The molecule has 28 heavy (non-hydrogen) atoms. The number of carbonyl (C=O) groups excluding carboxylic acids is 1. The fraction of sp³-hybridized carbons (Fsp3) is 0.947. The summed E-state index contributed by atoms with van der Waals surface area (Å²) in [6.07, 6.45) is 12.6. The smallest absolute Gasteiger partial charge is 0.220 e. The minimum Gasteiger partial charge on any atom is -0.396 e. The summed E-state index contributed by atoms with van der Waals surface area (Å²) in [6.45, 7) is 6.80. The van der Waals surface area contributed by atoms with Crippen molar-refractivity contribution >= 4 is 5.91 Å². The van der Waals surface area contributed by atoms with Crippen LogP contribution in [0.4, 0.5) is 0 Å². The van der Waals surface area contributed by atoms with Crippen LogP contribution in [-0.4, -0.2) is 34.4 Å². The van der Waals surface area contributed by atoms with Gasteiger partial charge in [0.25, 0.3) is 0 Å². The van der Waals surface area contributed by atoms with Crippen molar-refractivity contribution in [1.29, 1.82) is 0 Å². The molecule has 5 N–H and O–H groups in total. The van der Waals surface area contributed by atoms with Crippen LogP contribution in [0.5, 0.6) is 0 Å². The van der Waals surface area contributed by atoms with Crippen LogP contribution < -0.4 is 25.0 Å². The topological polar surface area (TPSA) is 165 Å². The van der Waals surface area contributed by atoms with E-state index in [4.69, 9.17) is 29.5 Å². The molecule has 0 saturated carbocycles. The summed E-state index contributed by atoms with van der Waals surface area (Å²) in [4.78, 5) is 11.9. The summed E-state index contributed by atoms with van der Waals surface area (Å²) in [6, 6.07) is 0. The number of nitrogens with two attached hydrogens (primary N) is 1. The molecule has 0 rings (SSSR count). The molecule has 0 aliphatic heterocycles. The number of aliphatic hydroxyl groups excluding tert-OH is 1. The molecule has 0 spiro atoms. The highest BCUT2D eigenvalue weighted by Gasteiger charge is 2.24. The first-order valence-corrected chi connectivity index (χ1v) is 11.5. The Morgan fingerprint density at radius 3 is 1.86 bits per heavy atom. The molecule has 0 fully saturated rings. The zero-order chi connectivity index (χ0) is 22.1. The van der Waals surface area contributed by atoms with Gasteiger partial charge in [-0.1, -0.05) is 58.3 Å². The van der Waals surface area contributed by atoms with E-state index in [0.29, 0.717) is 19.4 Å². The lowest BCUT2D eigenvalue weighted by molar-refractivity contribution is -1.92. The predicted octanol–water partition coefficient (Wildman–Crippen LogP) is -0.365. The van der Waals surface area contributed by atoms with Gasteiger partial charge in [0, 0.05) is 25.1 Å². The second-order valence-electron chi connectivity index (χ2n) is 7.81. The van der Waals surface area contributed by atoms with Gasteiger partial charge in [-0.15, -0.1) is 0 Å². The first-order chi connectivity index (χ1) is 12.9. The number of halogens is 1. The van der Waals surface area contributed by atoms with E-state index in [-0.39, 0.29) is 24.0 Å². The maximum absolute atomic E-state index is 11.9. The van der Waals surface area contributed by atoms with Gasteiger partial charge in [-0.2, -0.15) is 14.0 Å². The van der Waals surface area contributed by atoms with E-state index >= 15 is 0 Å². The molecule has 0 aromatic carbocycles. The molecule has 1 atom stereocenters. The number of nitrogens with one attached hydrogen (secondary N) is 1. The average Bonchev–Trinajstić information content (AvgIpc) is 2.54. The van der Waals surface area contributed by atoms with Gasteiger partial charge < -0.3 is 16.2 Å². The first kappa shape index (κ1) is 29.7. The lowest BCUT2D eigenvalue weighted by Gasteiger charge is -2.30. The normalized spacial score (nSPS) is 12.9. The molecule has 1 amide bonds. The second-order valence-corrected chi connectivity index (χ2v) is 8.60. The van der Waals surface area contributed by atoms with Gasteiger partial charge in [0.2, 0.25) is 5.91 Å². The Labute approximate surface area is 172 Å². The zero-order valence-electron chi connectivity index (χ0n) is 17.8. The Bertz CT molecular complexity index is 366. The van der Waals surface area contributed by atoms with E-state index in [1.807, 2.05) is 13.8 Å². The van der Waals surface area contributed by atoms with Gasteiger partial charge in [-0.3, -0.25) is 4.79 Å². The molecule has 0 aliphatic rings. The molecular formula is C19H41ClN2O6. The number of aliphatic hydroxyl groups is 1. The third kappa shape index (κ3) is 25.5. The standard InChI is InChI=1S/C19H40N2O2.ClHO4/c1-4-5-6-7-8-9-10-11-12-13-18(23)21-16-17(14-15-22)19(2,3)20;2-1(3,4)5/h17,22H,4-16,20H2,1-3H3,(H,21,23);(H,2,3,4,5). The highest BCUT2D eigenvalue weighted by Crippen LogP contribution is 2.16. The third-order valence-electron chi connectivity index (χ3n) is 4.58. The van der Waals surface area contributed by atoms with Crippen LogP contribution in [0.2, 0.25) is 0 Å². The van der Waals surface area contributed by atoms with Crippen molar-refractivity contribution in [3.8, 4) is 0 Å². The Balaban J connectivity index is 0. The fourth-order valence-electron chi connectivity index (χ4n) is 2.81. The van der Waals surface area contributed by atoms with E-state index < -0.39 is 10.2 Å². The summed E-state index contributed by atoms with van der Waals surface area (Å²) >= 11 is 0. The maximum Gasteiger partial charge on any atom is 0.220 e. The Morgan fingerprint density at radius 2 is 1.46 bits per heavy atom. The summed E-state index contributed by atoms with van der Waals surface area (Å²) in [5.41, 5.74) is 5.71. The molecule has 0 radical (unpaired) electrons. The molecule has 170 valence electrons. The van der Waals surface area contributed by atoms with Crippen molar-refractivity contribution in [2.75, 3.05) is 13.2 Å². The van der Waals surface area contributed by atoms with Gasteiger partial charge in [0.1, 0.15) is 0 Å². The number of rotatable bonds is 15. The number of unbranched alkanes of at least 4 members (excludes halogenated alkanes) is 8. The van der Waals surface area contributed by atoms with E-state index in [1.54, 1.807) is 0 Å². The molecule has 9 heteroatoms. The molecule has 0 aromatic heterocycles. The van der Waals surface area contributed by atoms with Crippen LogP contribution in [0, 0.1) is 16.2 Å². The minimum absolute atomic E-state index is 0.111. The van der Waals surface area contributed by atoms with Crippen molar-refractivity contribution < 1.29 is 38.8 Å². The summed E-state index contributed by atoms with van der Waals surface area (Å²) in [5, 5.41) is 12.1. The summed E-state index contributed by atoms with van der Waals surface area (Å²) in [5.74, 6) is 0.222. The van der Waals surface area contributed by atoms with Crippen LogP contribution in [0.1, 0.15) is 91.4 Å². The van der Waals surface area contributed by atoms with Crippen molar-refractivity contribution in [3.05, 3.63) is 0 Å². The number of hydrogen-bond donors (Lipinski definition) is 4. The average molecular weight is 429 g/mol. The number of hydrogen-bond acceptors (Lipinski definition) is 7. The molecule has 0 aliphatic carbocycles. The molecule has 0 aromatic rings.